The minimum atomic E-state index is -3.03. The molecule has 0 aromatic carbocycles. The Morgan fingerprint density at radius 1 is 1.20 bits per heavy atom. The van der Waals surface area contributed by atoms with Gasteiger partial charge in [0.1, 0.15) is 17.1 Å². The zero-order valence-electron chi connectivity index (χ0n) is 16.1. The Hall–Kier alpha value is -3.50. The van der Waals surface area contributed by atoms with Gasteiger partial charge >= 0.3 is 0 Å². The molecule has 1 amide bonds. The number of amides is 1. The maximum absolute atomic E-state index is 12.9. The highest BCUT2D eigenvalue weighted by molar-refractivity contribution is 5.96. The predicted octanol–water partition coefficient (Wildman–Crippen LogP) is 4.09. The van der Waals surface area contributed by atoms with Crippen molar-refractivity contribution in [3.8, 4) is 0 Å². The summed E-state index contributed by atoms with van der Waals surface area (Å²) in [5, 5.41) is 2.36. The fourth-order valence-corrected chi connectivity index (χ4v) is 2.39. The van der Waals surface area contributed by atoms with E-state index in [1.807, 2.05) is 0 Å². The third-order valence-electron chi connectivity index (χ3n) is 3.75. The van der Waals surface area contributed by atoms with Crippen LogP contribution < -0.4 is 11.1 Å². The number of nitrogen functional groups attached to an aromatic ring is 1. The molecule has 11 heteroatoms. The Morgan fingerprint density at radius 2 is 1.90 bits per heavy atom. The average molecular weight is 425 g/mol. The van der Waals surface area contributed by atoms with E-state index >= 15 is 0 Å². The van der Waals surface area contributed by atoms with Gasteiger partial charge in [0.2, 0.25) is 0 Å². The van der Waals surface area contributed by atoms with Crippen molar-refractivity contribution in [2.45, 2.75) is 33.2 Å². The number of hydrogen-bond donors (Lipinski definition) is 2. The lowest BCUT2D eigenvalue weighted by atomic mass is 10.2. The molecule has 0 spiro atoms. The smallest absolute Gasteiger partial charge is 0.280 e. The summed E-state index contributed by atoms with van der Waals surface area (Å²) in [6.07, 6.45) is -2.98. The summed E-state index contributed by atoms with van der Waals surface area (Å²) >= 11 is 0. The van der Waals surface area contributed by atoms with Crippen LogP contribution in [-0.4, -0.2) is 20.9 Å². The molecule has 0 aliphatic rings. The average Bonchev–Trinajstić information content (AvgIpc) is 2.71. The van der Waals surface area contributed by atoms with Gasteiger partial charge in [0, 0.05) is 5.56 Å². The van der Waals surface area contributed by atoms with Crippen molar-refractivity contribution in [3.05, 3.63) is 65.1 Å². The topological polar surface area (TPSA) is 103 Å². The van der Waals surface area contributed by atoms with E-state index in [9.17, 15) is 22.4 Å². The van der Waals surface area contributed by atoms with Gasteiger partial charge in [0.05, 0.1) is 24.2 Å². The SMILES string of the molecule is C=C(O/C=C\C)c1nc(N)c(C(=O)NCc2cc(C(F)F)cc(C(F)F)n2)nc1C. The van der Waals surface area contributed by atoms with Gasteiger partial charge in [-0.2, -0.15) is 0 Å². The maximum Gasteiger partial charge on any atom is 0.280 e. The fourth-order valence-electron chi connectivity index (χ4n) is 2.39. The molecular formula is C19H19F4N5O2. The maximum atomic E-state index is 12.9. The number of aromatic nitrogens is 3. The second-order valence-electron chi connectivity index (χ2n) is 6.00. The van der Waals surface area contributed by atoms with Crippen molar-refractivity contribution >= 4 is 17.5 Å². The second kappa shape index (κ2) is 9.81. The molecule has 0 unspecified atom stereocenters. The number of alkyl halides is 4. The van der Waals surface area contributed by atoms with Crippen LogP contribution >= 0.6 is 0 Å². The van der Waals surface area contributed by atoms with Crippen LogP contribution in [0.1, 0.15) is 58.6 Å². The first-order chi connectivity index (χ1) is 14.1. The number of carbonyl (C=O) groups excluding carboxylic acids is 1. The summed E-state index contributed by atoms with van der Waals surface area (Å²) in [5.74, 6) is -0.831. The second-order valence-corrected chi connectivity index (χ2v) is 6.00. The van der Waals surface area contributed by atoms with Crippen LogP contribution in [0.2, 0.25) is 0 Å². The van der Waals surface area contributed by atoms with Gasteiger partial charge in [-0.1, -0.05) is 12.7 Å². The van der Waals surface area contributed by atoms with Crippen molar-refractivity contribution in [2.24, 2.45) is 0 Å². The molecule has 7 nitrogen and oxygen atoms in total. The van der Waals surface area contributed by atoms with E-state index < -0.39 is 36.6 Å². The summed E-state index contributed by atoms with van der Waals surface area (Å²) in [7, 11) is 0. The highest BCUT2D eigenvalue weighted by atomic mass is 19.3. The fraction of sp³-hybridized carbons (Fsp3) is 0.263. The van der Waals surface area contributed by atoms with Gasteiger partial charge in [-0.05, 0) is 26.0 Å². The molecule has 0 saturated heterocycles. The molecule has 30 heavy (non-hydrogen) atoms. The highest BCUT2D eigenvalue weighted by Crippen LogP contribution is 2.25. The van der Waals surface area contributed by atoms with Crippen LogP contribution in [0.15, 0.2) is 31.0 Å². The lowest BCUT2D eigenvalue weighted by Gasteiger charge is -2.12. The third-order valence-corrected chi connectivity index (χ3v) is 3.75. The molecule has 160 valence electrons. The third kappa shape index (κ3) is 5.52. The van der Waals surface area contributed by atoms with Crippen LogP contribution in [-0.2, 0) is 11.3 Å². The lowest BCUT2D eigenvalue weighted by molar-refractivity contribution is 0.0945. The molecule has 2 heterocycles. The number of pyridine rings is 1. The van der Waals surface area contributed by atoms with Crippen LogP contribution in [0, 0.1) is 6.92 Å². The molecule has 0 bridgehead atoms. The number of nitrogens with two attached hydrogens (primary N) is 1. The summed E-state index contributed by atoms with van der Waals surface area (Å²) in [5.41, 5.74) is 4.52. The minimum Gasteiger partial charge on any atom is -0.464 e. The summed E-state index contributed by atoms with van der Waals surface area (Å²) in [6, 6.07) is 1.55. The number of halogens is 4. The van der Waals surface area contributed by atoms with Crippen LogP contribution in [0.25, 0.3) is 5.76 Å². The number of nitrogens with zero attached hydrogens (tertiary/aromatic N) is 3. The van der Waals surface area contributed by atoms with E-state index in [4.69, 9.17) is 10.5 Å². The molecule has 3 N–H and O–H groups in total. The van der Waals surface area contributed by atoms with E-state index in [2.05, 4.69) is 26.8 Å². The van der Waals surface area contributed by atoms with Crippen molar-refractivity contribution in [1.29, 1.82) is 0 Å². The number of carbonyl (C=O) groups is 1. The van der Waals surface area contributed by atoms with Gasteiger partial charge < -0.3 is 15.8 Å². The van der Waals surface area contributed by atoms with Gasteiger partial charge in [0.15, 0.2) is 11.5 Å². The zero-order valence-corrected chi connectivity index (χ0v) is 16.1. The van der Waals surface area contributed by atoms with Gasteiger partial charge in [-0.25, -0.2) is 32.5 Å². The first-order valence-corrected chi connectivity index (χ1v) is 8.60. The quantitative estimate of drug-likeness (QED) is 0.488. The summed E-state index contributed by atoms with van der Waals surface area (Å²) < 4.78 is 56.8. The zero-order chi connectivity index (χ0) is 22.4. The van der Waals surface area contributed by atoms with E-state index in [0.717, 1.165) is 6.07 Å². The lowest BCUT2D eigenvalue weighted by Crippen LogP contribution is -2.26. The minimum absolute atomic E-state index is 0.163. The van der Waals surface area contributed by atoms with Crippen molar-refractivity contribution < 1.29 is 27.1 Å². The first kappa shape index (κ1) is 22.8. The Morgan fingerprint density at radius 3 is 2.50 bits per heavy atom. The molecular weight excluding hydrogens is 406 g/mol. The highest BCUT2D eigenvalue weighted by Gasteiger charge is 2.20. The molecule has 0 atom stereocenters. The Balaban J connectivity index is 2.21. The number of aryl methyl sites for hydroxylation is 1. The van der Waals surface area contributed by atoms with Crippen molar-refractivity contribution in [3.63, 3.8) is 0 Å². The molecule has 0 aliphatic carbocycles. The first-order valence-electron chi connectivity index (χ1n) is 8.60. The molecule has 2 rings (SSSR count). The molecule has 2 aromatic rings. The summed E-state index contributed by atoms with van der Waals surface area (Å²) in [6.45, 7) is 6.61. The summed E-state index contributed by atoms with van der Waals surface area (Å²) in [4.78, 5) is 24.1. The molecule has 0 saturated carbocycles. The number of rotatable bonds is 8. The number of ether oxygens (including phenoxy) is 1. The number of hydrogen-bond acceptors (Lipinski definition) is 6. The molecule has 0 aliphatic heterocycles. The van der Waals surface area contributed by atoms with E-state index in [1.54, 1.807) is 19.9 Å². The molecule has 0 fully saturated rings. The largest absolute Gasteiger partial charge is 0.464 e. The number of nitrogens with one attached hydrogen (secondary N) is 1. The van der Waals surface area contributed by atoms with Gasteiger partial charge in [0.25, 0.3) is 18.8 Å². The number of anilines is 1. The van der Waals surface area contributed by atoms with Crippen LogP contribution in [0.5, 0.6) is 0 Å². The molecule has 2 aromatic heterocycles. The van der Waals surface area contributed by atoms with Crippen molar-refractivity contribution in [1.82, 2.24) is 20.3 Å². The van der Waals surface area contributed by atoms with Gasteiger partial charge in [-0.15, -0.1) is 0 Å². The van der Waals surface area contributed by atoms with Crippen LogP contribution in [0.3, 0.4) is 0 Å². The van der Waals surface area contributed by atoms with Crippen molar-refractivity contribution in [2.75, 3.05) is 5.73 Å². The normalized spacial score (nSPS) is 11.3. The Bertz CT molecular complexity index is 953. The Labute approximate surface area is 169 Å². The van der Waals surface area contributed by atoms with E-state index in [0.29, 0.717) is 11.8 Å². The molecule has 0 radical (unpaired) electrons. The predicted molar refractivity (Wildman–Crippen MR) is 101 cm³/mol. The number of allylic oxidation sites excluding steroid dienone is 1. The van der Waals surface area contributed by atoms with Gasteiger partial charge in [-0.3, -0.25) is 4.79 Å². The monoisotopic (exact) mass is 425 g/mol. The van der Waals surface area contributed by atoms with Crippen LogP contribution in [0.4, 0.5) is 23.4 Å². The van der Waals surface area contributed by atoms with E-state index in [1.165, 1.54) is 6.26 Å². The van der Waals surface area contributed by atoms with E-state index in [-0.39, 0.29) is 28.7 Å². The Kier molecular flexibility index (Phi) is 7.45. The standard InChI is InChI=1S/C19H19F4N5O2/c1-4-5-30-10(3)14-9(2)26-15(18(24)28-14)19(29)25-8-12-6-11(16(20)21)7-13(27-12)17(22)23/h4-7,16-17H,3,8H2,1-2H3,(H2,24,28)(H,25,29)/b5-4-.